The van der Waals surface area contributed by atoms with Gasteiger partial charge in [0.2, 0.25) is 0 Å². The van der Waals surface area contributed by atoms with Crippen LogP contribution in [0.2, 0.25) is 5.02 Å². The minimum atomic E-state index is -0.876. The van der Waals surface area contributed by atoms with E-state index in [2.05, 4.69) is 46.2 Å². The van der Waals surface area contributed by atoms with E-state index < -0.39 is 11.9 Å². The third-order valence-electron chi connectivity index (χ3n) is 7.39. The number of halogens is 1. The fraction of sp³-hybridized carbons (Fsp3) is 0.375. The van der Waals surface area contributed by atoms with Crippen molar-refractivity contribution < 1.29 is 19.5 Å². The second kappa shape index (κ2) is 16.1. The van der Waals surface area contributed by atoms with Crippen LogP contribution in [0.3, 0.4) is 0 Å². The summed E-state index contributed by atoms with van der Waals surface area (Å²) in [5, 5.41) is 10.6. The van der Waals surface area contributed by atoms with Crippen LogP contribution in [0.4, 0.5) is 4.79 Å². The maximum atomic E-state index is 12.1. The lowest BCUT2D eigenvalue weighted by atomic mass is 9.96. The Kier molecular flexibility index (Phi) is 12.6. The summed E-state index contributed by atoms with van der Waals surface area (Å²) >= 11 is 6.16. The van der Waals surface area contributed by atoms with Gasteiger partial charge < -0.3 is 16.2 Å². The molecule has 0 bridgehead atoms. The summed E-state index contributed by atoms with van der Waals surface area (Å²) in [6, 6.07) is 23.4. The Balaban J connectivity index is 0.00000484. The van der Waals surface area contributed by atoms with E-state index in [1.54, 1.807) is 12.1 Å². The van der Waals surface area contributed by atoms with Gasteiger partial charge in [0.1, 0.15) is 12.4 Å². The zero-order valence-corrected chi connectivity index (χ0v) is 23.9. The van der Waals surface area contributed by atoms with Crippen LogP contribution >= 0.6 is 11.6 Å². The van der Waals surface area contributed by atoms with E-state index >= 15 is 0 Å². The number of carbonyl (C=O) groups is 2. The van der Waals surface area contributed by atoms with Crippen molar-refractivity contribution in [1.29, 1.82) is 0 Å². The van der Waals surface area contributed by atoms with E-state index in [4.69, 9.17) is 27.8 Å². The van der Waals surface area contributed by atoms with E-state index in [1.807, 2.05) is 24.3 Å². The molecular weight excluding hydrogens is 554 g/mol. The van der Waals surface area contributed by atoms with Gasteiger partial charge >= 0.3 is 6.03 Å². The molecule has 3 amide bonds. The topological polar surface area (TPSA) is 125 Å². The van der Waals surface area contributed by atoms with Crippen LogP contribution in [0.5, 0.6) is 5.75 Å². The van der Waals surface area contributed by atoms with Gasteiger partial charge in [-0.3, -0.25) is 19.8 Å². The first-order valence-corrected chi connectivity index (χ1v) is 14.3. The average Bonchev–Trinajstić information content (AvgIpc) is 2.98. The van der Waals surface area contributed by atoms with Gasteiger partial charge in [0.15, 0.2) is 0 Å². The van der Waals surface area contributed by atoms with Crippen molar-refractivity contribution >= 4 is 23.5 Å². The molecule has 0 saturated carbocycles. The molecule has 0 unspecified atom stereocenters. The third kappa shape index (κ3) is 9.19. The molecule has 3 aromatic rings. The van der Waals surface area contributed by atoms with Crippen molar-refractivity contribution in [1.82, 2.24) is 14.9 Å². The third-order valence-corrected chi connectivity index (χ3v) is 7.64. The number of nitrogens with zero attached hydrogens (tertiary/aromatic N) is 3. The maximum Gasteiger partial charge on any atom is 0.338 e. The second-order valence-corrected chi connectivity index (χ2v) is 10.6. The number of piperazine rings is 1. The van der Waals surface area contributed by atoms with Gasteiger partial charge in [-0.25, -0.2) is 9.86 Å². The number of nitrogens with two attached hydrogens (primary N) is 2. The molecule has 3 aromatic carbocycles. The standard InChI is InChI=1S/C31H38ClN5O4.CH4/c32-26-12-10-25(11-13-26)29(24-7-2-1-3-8-24)36-18-16-35(17-19-36)20-21-41-28-14-9-23(22-27(28)30(33)38)6-4-5-15-37(40)31(34)39;/h1-3,7-14,22,29,40H,4-6,15-21H2,(H2,33,38)(H2,34,39);1H4/t29-;/m1./s1. The first-order chi connectivity index (χ1) is 19.8. The average molecular weight is 596 g/mol. The number of ether oxygens (including phenoxy) is 1. The van der Waals surface area contributed by atoms with Crippen LogP contribution in [0.15, 0.2) is 72.8 Å². The minimum Gasteiger partial charge on any atom is -0.491 e. The number of primary amides is 2. The summed E-state index contributed by atoms with van der Waals surface area (Å²) in [6.45, 7) is 4.97. The second-order valence-electron chi connectivity index (χ2n) is 10.2. The first-order valence-electron chi connectivity index (χ1n) is 13.9. The fourth-order valence-electron chi connectivity index (χ4n) is 5.18. The lowest BCUT2D eigenvalue weighted by Crippen LogP contribution is -2.48. The number of urea groups is 1. The van der Waals surface area contributed by atoms with Crippen LogP contribution in [-0.2, 0) is 6.42 Å². The number of amides is 3. The van der Waals surface area contributed by atoms with Gasteiger partial charge in [-0.05, 0) is 60.2 Å². The highest BCUT2D eigenvalue weighted by molar-refractivity contribution is 6.30. The Hall–Kier alpha value is -3.63. The lowest BCUT2D eigenvalue weighted by Gasteiger charge is -2.39. The summed E-state index contributed by atoms with van der Waals surface area (Å²) in [5.41, 5.74) is 14.4. The summed E-state index contributed by atoms with van der Waals surface area (Å²) in [5.74, 6) is -0.0677. The summed E-state index contributed by atoms with van der Waals surface area (Å²) in [7, 11) is 0. The largest absolute Gasteiger partial charge is 0.491 e. The molecule has 1 atom stereocenters. The van der Waals surface area contributed by atoms with Crippen LogP contribution in [0.1, 0.15) is 53.4 Å². The lowest BCUT2D eigenvalue weighted by molar-refractivity contribution is -0.0402. The molecule has 9 nitrogen and oxygen atoms in total. The Morgan fingerprint density at radius 2 is 1.60 bits per heavy atom. The van der Waals surface area contributed by atoms with Gasteiger partial charge in [-0.2, -0.15) is 0 Å². The van der Waals surface area contributed by atoms with E-state index in [1.165, 1.54) is 11.1 Å². The van der Waals surface area contributed by atoms with Crippen LogP contribution in [0.25, 0.3) is 0 Å². The molecule has 10 heteroatoms. The molecule has 0 spiro atoms. The van der Waals surface area contributed by atoms with Crippen molar-refractivity contribution in [2.24, 2.45) is 11.5 Å². The monoisotopic (exact) mass is 595 g/mol. The van der Waals surface area contributed by atoms with E-state index in [0.29, 0.717) is 42.2 Å². The van der Waals surface area contributed by atoms with Gasteiger partial charge in [0, 0.05) is 37.7 Å². The maximum absolute atomic E-state index is 12.1. The van der Waals surface area contributed by atoms with Gasteiger partial charge in [0.25, 0.3) is 5.91 Å². The Labute approximate surface area is 253 Å². The molecule has 1 saturated heterocycles. The molecule has 42 heavy (non-hydrogen) atoms. The minimum absolute atomic E-state index is 0. The van der Waals surface area contributed by atoms with E-state index in [9.17, 15) is 14.8 Å². The number of hydrogen-bond donors (Lipinski definition) is 3. The number of rotatable bonds is 13. The number of unbranched alkanes of at least 4 members (excludes halogenated alkanes) is 1. The molecule has 0 aromatic heterocycles. The Morgan fingerprint density at radius 3 is 2.24 bits per heavy atom. The number of hydroxylamine groups is 2. The predicted molar refractivity (Wildman–Crippen MR) is 166 cm³/mol. The van der Waals surface area contributed by atoms with Crippen LogP contribution in [0, 0.1) is 0 Å². The molecular formula is C32H42ClN5O4. The van der Waals surface area contributed by atoms with Gasteiger partial charge in [0.05, 0.1) is 18.2 Å². The van der Waals surface area contributed by atoms with Crippen LogP contribution < -0.4 is 16.2 Å². The van der Waals surface area contributed by atoms with Crippen molar-refractivity contribution in [3.8, 4) is 5.75 Å². The fourth-order valence-corrected chi connectivity index (χ4v) is 5.30. The van der Waals surface area contributed by atoms with Crippen molar-refractivity contribution in [3.63, 3.8) is 0 Å². The van der Waals surface area contributed by atoms with E-state index in [0.717, 1.165) is 43.3 Å². The predicted octanol–water partition coefficient (Wildman–Crippen LogP) is 4.95. The van der Waals surface area contributed by atoms with E-state index in [-0.39, 0.29) is 20.0 Å². The smallest absolute Gasteiger partial charge is 0.338 e. The highest BCUT2D eigenvalue weighted by Crippen LogP contribution is 2.30. The number of aryl methyl sites for hydroxylation is 1. The van der Waals surface area contributed by atoms with Gasteiger partial charge in [-0.1, -0.05) is 67.6 Å². The first kappa shape index (κ1) is 32.9. The molecule has 5 N–H and O–H groups in total. The number of carbonyl (C=O) groups excluding carboxylic acids is 2. The Bertz CT molecular complexity index is 1280. The molecule has 1 aliphatic heterocycles. The molecule has 1 fully saturated rings. The zero-order valence-electron chi connectivity index (χ0n) is 23.1. The Morgan fingerprint density at radius 1 is 0.929 bits per heavy atom. The quantitative estimate of drug-likeness (QED) is 0.146. The normalized spacial score (nSPS) is 14.5. The molecule has 4 rings (SSSR count). The molecule has 226 valence electrons. The number of hydrogen-bond acceptors (Lipinski definition) is 6. The van der Waals surface area contributed by atoms with Crippen molar-refractivity contribution in [3.05, 3.63) is 100 Å². The SMILES string of the molecule is C.NC(=O)c1cc(CCCCN(O)C(N)=O)ccc1OCCN1CCN([C@H](c2ccccc2)c2ccc(Cl)cc2)CC1. The van der Waals surface area contributed by atoms with Gasteiger partial charge in [-0.15, -0.1) is 0 Å². The molecule has 1 heterocycles. The van der Waals surface area contributed by atoms with Crippen LogP contribution in [-0.4, -0.2) is 77.9 Å². The highest BCUT2D eigenvalue weighted by Gasteiger charge is 2.26. The summed E-state index contributed by atoms with van der Waals surface area (Å²) < 4.78 is 6.00. The molecule has 1 aliphatic rings. The van der Waals surface area contributed by atoms with Crippen molar-refractivity contribution in [2.75, 3.05) is 45.9 Å². The highest BCUT2D eigenvalue weighted by atomic mass is 35.5. The molecule has 0 radical (unpaired) electrons. The zero-order chi connectivity index (χ0) is 29.2. The number of benzene rings is 3. The summed E-state index contributed by atoms with van der Waals surface area (Å²) in [6.07, 6.45) is 1.94. The summed E-state index contributed by atoms with van der Waals surface area (Å²) in [4.78, 5) is 27.9. The molecule has 0 aliphatic carbocycles. The van der Waals surface area contributed by atoms with Crippen molar-refractivity contribution in [2.45, 2.75) is 32.7 Å².